The molecule has 0 atom stereocenters. The van der Waals surface area contributed by atoms with Crippen LogP contribution in [-0.4, -0.2) is 29.1 Å². The lowest BCUT2D eigenvalue weighted by Crippen LogP contribution is -2.41. The molecule has 27 heavy (non-hydrogen) atoms. The summed E-state index contributed by atoms with van der Waals surface area (Å²) in [5.41, 5.74) is 3.61. The molecule has 0 bridgehead atoms. The normalized spacial score (nSPS) is 15.7. The number of nitrogens with one attached hydrogen (secondary N) is 2. The van der Waals surface area contributed by atoms with E-state index in [0.717, 1.165) is 34.4 Å². The van der Waals surface area contributed by atoms with Crippen molar-refractivity contribution in [3.8, 4) is 0 Å². The van der Waals surface area contributed by atoms with Crippen LogP contribution in [-0.2, 0) is 19.0 Å². The topological polar surface area (TPSA) is 54.2 Å². The van der Waals surface area contributed by atoms with Gasteiger partial charge >= 0.3 is 0 Å². The fourth-order valence-electron chi connectivity index (χ4n) is 3.53. The van der Waals surface area contributed by atoms with Gasteiger partial charge in [-0.25, -0.2) is 4.98 Å². The van der Waals surface area contributed by atoms with E-state index in [0.29, 0.717) is 6.54 Å². The molecule has 0 aliphatic heterocycles. The smallest absolute Gasteiger partial charge is 0.191 e. The van der Waals surface area contributed by atoms with Gasteiger partial charge < -0.3 is 15.2 Å². The summed E-state index contributed by atoms with van der Waals surface area (Å²) in [5.74, 6) is 1.77. The molecular weight excluding hydrogens is 358 g/mol. The standard InChI is InChI=1S/C21H24ClN5/c1-23-20(24-13-19-26-17-8-3-4-9-18(17)27(19)2)25-14-21(10-11-21)15-6-5-7-16(22)12-15/h3-9,12H,10-11,13-14H2,1-2H3,(H2,23,24,25). The maximum atomic E-state index is 6.17. The molecule has 1 saturated carbocycles. The van der Waals surface area contributed by atoms with Gasteiger partial charge in [0.25, 0.3) is 0 Å². The Kier molecular flexibility index (Phi) is 4.79. The van der Waals surface area contributed by atoms with Gasteiger partial charge in [-0.2, -0.15) is 0 Å². The third kappa shape index (κ3) is 3.65. The predicted octanol–water partition coefficient (Wildman–Crippen LogP) is 3.62. The summed E-state index contributed by atoms with van der Waals surface area (Å²) in [4.78, 5) is 9.06. The van der Waals surface area contributed by atoms with E-state index in [-0.39, 0.29) is 5.41 Å². The van der Waals surface area contributed by atoms with Gasteiger partial charge in [0.1, 0.15) is 5.82 Å². The van der Waals surface area contributed by atoms with E-state index in [9.17, 15) is 0 Å². The predicted molar refractivity (Wildman–Crippen MR) is 111 cm³/mol. The van der Waals surface area contributed by atoms with Gasteiger partial charge in [-0.05, 0) is 42.7 Å². The van der Waals surface area contributed by atoms with E-state index < -0.39 is 0 Å². The van der Waals surface area contributed by atoms with Crippen LogP contribution in [0.25, 0.3) is 11.0 Å². The van der Waals surface area contributed by atoms with E-state index in [4.69, 9.17) is 16.6 Å². The largest absolute Gasteiger partial charge is 0.356 e. The first-order valence-corrected chi connectivity index (χ1v) is 9.60. The van der Waals surface area contributed by atoms with E-state index in [2.05, 4.69) is 38.4 Å². The fourth-order valence-corrected chi connectivity index (χ4v) is 3.72. The monoisotopic (exact) mass is 381 g/mol. The minimum Gasteiger partial charge on any atom is -0.356 e. The van der Waals surface area contributed by atoms with Gasteiger partial charge in [-0.15, -0.1) is 0 Å². The van der Waals surface area contributed by atoms with Crippen molar-refractivity contribution < 1.29 is 0 Å². The molecule has 5 nitrogen and oxygen atoms in total. The average Bonchev–Trinajstić information content (AvgIpc) is 3.41. The SMILES string of the molecule is CN=C(NCc1nc2ccccc2n1C)NCC1(c2cccc(Cl)c2)CC1. The molecule has 6 heteroatoms. The number of para-hydroxylation sites is 2. The van der Waals surface area contributed by atoms with Crippen LogP contribution in [0.1, 0.15) is 24.2 Å². The Balaban J connectivity index is 1.39. The Bertz CT molecular complexity index is 987. The van der Waals surface area contributed by atoms with Gasteiger partial charge in [0.15, 0.2) is 5.96 Å². The number of aryl methyl sites for hydroxylation is 1. The molecule has 1 heterocycles. The fraction of sp³-hybridized carbons (Fsp3) is 0.333. The molecule has 2 aromatic carbocycles. The molecule has 2 N–H and O–H groups in total. The summed E-state index contributed by atoms with van der Waals surface area (Å²) in [6, 6.07) is 16.4. The van der Waals surface area contributed by atoms with Gasteiger partial charge in [0.2, 0.25) is 0 Å². The maximum Gasteiger partial charge on any atom is 0.191 e. The van der Waals surface area contributed by atoms with Gasteiger partial charge in [-0.3, -0.25) is 4.99 Å². The number of imidazole rings is 1. The molecule has 0 radical (unpaired) electrons. The highest BCUT2D eigenvalue weighted by molar-refractivity contribution is 6.30. The van der Waals surface area contributed by atoms with E-state index >= 15 is 0 Å². The van der Waals surface area contributed by atoms with Crippen molar-refractivity contribution >= 4 is 28.6 Å². The summed E-state index contributed by atoms with van der Waals surface area (Å²) >= 11 is 6.17. The van der Waals surface area contributed by atoms with Crippen molar-refractivity contribution in [2.45, 2.75) is 24.8 Å². The van der Waals surface area contributed by atoms with E-state index in [1.807, 2.05) is 37.4 Å². The van der Waals surface area contributed by atoms with Gasteiger partial charge in [0, 0.05) is 31.1 Å². The quantitative estimate of drug-likeness (QED) is 0.524. The Hall–Kier alpha value is -2.53. The lowest BCUT2D eigenvalue weighted by Gasteiger charge is -2.19. The van der Waals surface area contributed by atoms with Gasteiger partial charge in [-0.1, -0.05) is 35.9 Å². The lowest BCUT2D eigenvalue weighted by atomic mass is 9.96. The Labute approximate surface area is 164 Å². The molecule has 3 aromatic rings. The van der Waals surface area contributed by atoms with Crippen LogP contribution in [0.3, 0.4) is 0 Å². The molecule has 1 aliphatic carbocycles. The van der Waals surface area contributed by atoms with Crippen molar-refractivity contribution in [1.29, 1.82) is 0 Å². The first kappa shape index (κ1) is 17.9. The van der Waals surface area contributed by atoms with Crippen LogP contribution in [0.15, 0.2) is 53.5 Å². The number of nitrogens with zero attached hydrogens (tertiary/aromatic N) is 3. The second-order valence-electron chi connectivity index (χ2n) is 7.15. The summed E-state index contributed by atoms with van der Waals surface area (Å²) in [6.45, 7) is 1.46. The van der Waals surface area contributed by atoms with Crippen molar-refractivity contribution in [2.24, 2.45) is 12.0 Å². The second kappa shape index (κ2) is 7.24. The highest BCUT2D eigenvalue weighted by Crippen LogP contribution is 2.48. The highest BCUT2D eigenvalue weighted by Gasteiger charge is 2.44. The molecular formula is C21H24ClN5. The Morgan fingerprint density at radius 1 is 1.19 bits per heavy atom. The summed E-state index contributed by atoms with van der Waals surface area (Å²) in [7, 11) is 3.84. The highest BCUT2D eigenvalue weighted by atomic mass is 35.5. The summed E-state index contributed by atoms with van der Waals surface area (Å²) in [5, 5.41) is 7.65. The molecule has 0 amide bonds. The number of aromatic nitrogens is 2. The molecule has 1 fully saturated rings. The molecule has 1 aromatic heterocycles. The number of fused-ring (bicyclic) bond motifs is 1. The van der Waals surface area contributed by atoms with Crippen LogP contribution >= 0.6 is 11.6 Å². The van der Waals surface area contributed by atoms with Crippen LogP contribution in [0.5, 0.6) is 0 Å². The number of guanidine groups is 1. The zero-order valence-electron chi connectivity index (χ0n) is 15.7. The Morgan fingerprint density at radius 2 is 2.00 bits per heavy atom. The van der Waals surface area contributed by atoms with Gasteiger partial charge in [0.05, 0.1) is 17.6 Å². The minimum atomic E-state index is 0.167. The second-order valence-corrected chi connectivity index (χ2v) is 7.58. The third-order valence-electron chi connectivity index (χ3n) is 5.40. The molecule has 0 spiro atoms. The number of rotatable bonds is 5. The molecule has 4 rings (SSSR count). The van der Waals surface area contributed by atoms with Crippen molar-refractivity contribution in [1.82, 2.24) is 20.2 Å². The first-order valence-electron chi connectivity index (χ1n) is 9.22. The van der Waals surface area contributed by atoms with E-state index in [1.54, 1.807) is 7.05 Å². The van der Waals surface area contributed by atoms with Crippen molar-refractivity contribution in [3.63, 3.8) is 0 Å². The number of hydrogen-bond acceptors (Lipinski definition) is 2. The van der Waals surface area contributed by atoms with Crippen LogP contribution in [0.4, 0.5) is 0 Å². The number of halogens is 1. The molecule has 140 valence electrons. The average molecular weight is 382 g/mol. The van der Waals surface area contributed by atoms with Crippen LogP contribution in [0.2, 0.25) is 5.02 Å². The van der Waals surface area contributed by atoms with Crippen molar-refractivity contribution in [2.75, 3.05) is 13.6 Å². The zero-order chi connectivity index (χ0) is 18.9. The third-order valence-corrected chi connectivity index (χ3v) is 5.64. The van der Waals surface area contributed by atoms with Crippen LogP contribution in [0, 0.1) is 0 Å². The van der Waals surface area contributed by atoms with E-state index in [1.165, 1.54) is 18.4 Å². The van der Waals surface area contributed by atoms with Crippen molar-refractivity contribution in [3.05, 3.63) is 64.9 Å². The van der Waals surface area contributed by atoms with Crippen LogP contribution < -0.4 is 10.6 Å². The summed E-state index contributed by atoms with van der Waals surface area (Å²) in [6.07, 6.45) is 2.34. The number of hydrogen-bond donors (Lipinski definition) is 2. The molecule has 0 saturated heterocycles. The number of aliphatic imine (C=N–C) groups is 1. The lowest BCUT2D eigenvalue weighted by molar-refractivity contribution is 0.641. The molecule has 0 unspecified atom stereocenters. The molecule has 1 aliphatic rings. The maximum absolute atomic E-state index is 6.17. The summed E-state index contributed by atoms with van der Waals surface area (Å²) < 4.78 is 2.12. The first-order chi connectivity index (χ1) is 13.1. The Morgan fingerprint density at radius 3 is 2.70 bits per heavy atom. The number of benzene rings is 2. The minimum absolute atomic E-state index is 0.167. The zero-order valence-corrected chi connectivity index (χ0v) is 16.4.